The third-order valence-electron chi connectivity index (χ3n) is 3.17. The van der Waals surface area contributed by atoms with Crippen molar-refractivity contribution in [2.75, 3.05) is 44.7 Å². The van der Waals surface area contributed by atoms with Gasteiger partial charge in [0.1, 0.15) is 5.75 Å². The first-order chi connectivity index (χ1) is 9.74. The average Bonchev–Trinajstić information content (AvgIpc) is 2.47. The fourth-order valence-corrected chi connectivity index (χ4v) is 2.27. The van der Waals surface area contributed by atoms with Gasteiger partial charge in [0, 0.05) is 25.3 Å². The number of aromatic hydroxyl groups is 1. The van der Waals surface area contributed by atoms with Crippen LogP contribution in [0, 0.1) is 0 Å². The lowest BCUT2D eigenvalue weighted by atomic mass is 10.3. The monoisotopic (exact) mass is 295 g/mol. The molecule has 6 heteroatoms. The predicted octanol–water partition coefficient (Wildman–Crippen LogP) is 1.40. The number of benzene rings is 1. The lowest BCUT2D eigenvalue weighted by molar-refractivity contribution is 0.0376. The molecule has 0 atom stereocenters. The van der Waals surface area contributed by atoms with Crippen LogP contribution in [-0.4, -0.2) is 54.5 Å². The van der Waals surface area contributed by atoms with Crippen LogP contribution in [0.4, 0.5) is 5.69 Å². The summed E-state index contributed by atoms with van der Waals surface area (Å²) in [4.78, 5) is 2.40. The van der Waals surface area contributed by atoms with Gasteiger partial charge in [-0.3, -0.25) is 4.90 Å². The van der Waals surface area contributed by atoms with Gasteiger partial charge in [-0.2, -0.15) is 0 Å². The fraction of sp³-hybridized carbons (Fsp3) is 0.500. The highest BCUT2D eigenvalue weighted by atomic mass is 32.1. The minimum Gasteiger partial charge on any atom is -0.508 e. The summed E-state index contributed by atoms with van der Waals surface area (Å²) in [7, 11) is 0. The van der Waals surface area contributed by atoms with Crippen molar-refractivity contribution in [2.45, 2.75) is 6.42 Å². The molecule has 3 N–H and O–H groups in total. The van der Waals surface area contributed by atoms with Gasteiger partial charge in [-0.15, -0.1) is 0 Å². The molecule has 0 aliphatic carbocycles. The SMILES string of the molecule is Oc1ccc(NC(=S)NCCCN2CCOCC2)cc1. The van der Waals surface area contributed by atoms with E-state index in [0.29, 0.717) is 5.11 Å². The van der Waals surface area contributed by atoms with Crippen LogP contribution in [0.25, 0.3) is 0 Å². The van der Waals surface area contributed by atoms with Crippen LogP contribution in [0.5, 0.6) is 5.75 Å². The van der Waals surface area contributed by atoms with Gasteiger partial charge in [0.15, 0.2) is 5.11 Å². The smallest absolute Gasteiger partial charge is 0.170 e. The fourth-order valence-electron chi connectivity index (χ4n) is 2.05. The Morgan fingerprint density at radius 3 is 2.65 bits per heavy atom. The van der Waals surface area contributed by atoms with Crippen molar-refractivity contribution in [1.29, 1.82) is 0 Å². The van der Waals surface area contributed by atoms with Crippen molar-refractivity contribution in [1.82, 2.24) is 10.2 Å². The Bertz CT molecular complexity index is 419. The van der Waals surface area contributed by atoms with E-state index in [9.17, 15) is 5.11 Å². The molecule has 2 rings (SSSR count). The third-order valence-corrected chi connectivity index (χ3v) is 3.41. The second-order valence-electron chi connectivity index (χ2n) is 4.74. The number of rotatable bonds is 5. The summed E-state index contributed by atoms with van der Waals surface area (Å²) in [5.74, 6) is 0.250. The zero-order valence-electron chi connectivity index (χ0n) is 11.5. The first-order valence-electron chi connectivity index (χ1n) is 6.88. The Morgan fingerprint density at radius 1 is 1.25 bits per heavy atom. The molecule has 0 radical (unpaired) electrons. The summed E-state index contributed by atoms with van der Waals surface area (Å²) in [6.45, 7) is 5.65. The van der Waals surface area contributed by atoms with Gasteiger partial charge in [-0.25, -0.2) is 0 Å². The van der Waals surface area contributed by atoms with Gasteiger partial charge < -0.3 is 20.5 Å². The Balaban J connectivity index is 1.59. The molecule has 1 aliphatic heterocycles. The first kappa shape index (κ1) is 15.0. The van der Waals surface area contributed by atoms with Crippen LogP contribution in [0.1, 0.15) is 6.42 Å². The summed E-state index contributed by atoms with van der Waals surface area (Å²) in [6.07, 6.45) is 1.05. The highest BCUT2D eigenvalue weighted by Crippen LogP contribution is 2.13. The molecule has 1 fully saturated rings. The summed E-state index contributed by atoms with van der Waals surface area (Å²) in [5, 5.41) is 16.1. The van der Waals surface area contributed by atoms with Crippen LogP contribution in [0.2, 0.25) is 0 Å². The van der Waals surface area contributed by atoms with Gasteiger partial charge in [0.2, 0.25) is 0 Å². The minimum absolute atomic E-state index is 0.250. The normalized spacial score (nSPS) is 15.8. The van der Waals surface area contributed by atoms with Crippen molar-refractivity contribution in [3.8, 4) is 5.75 Å². The lowest BCUT2D eigenvalue weighted by Crippen LogP contribution is -2.38. The highest BCUT2D eigenvalue weighted by Gasteiger charge is 2.09. The van der Waals surface area contributed by atoms with E-state index in [-0.39, 0.29) is 5.75 Å². The maximum absolute atomic E-state index is 9.20. The number of nitrogens with zero attached hydrogens (tertiary/aromatic N) is 1. The standard InChI is InChI=1S/C14H21N3O2S/c18-13-4-2-12(3-5-13)16-14(20)15-6-1-7-17-8-10-19-11-9-17/h2-5,18H,1,6-11H2,(H2,15,16,20). The molecular weight excluding hydrogens is 274 g/mol. The van der Waals surface area contributed by atoms with E-state index >= 15 is 0 Å². The predicted molar refractivity (Wildman–Crippen MR) is 84.2 cm³/mol. The number of anilines is 1. The zero-order valence-corrected chi connectivity index (χ0v) is 12.3. The number of hydrogen-bond acceptors (Lipinski definition) is 4. The summed E-state index contributed by atoms with van der Waals surface area (Å²) in [5.41, 5.74) is 0.869. The Hall–Kier alpha value is -1.37. The number of phenolic OH excluding ortho intramolecular Hbond substituents is 1. The third kappa shape index (κ3) is 5.32. The van der Waals surface area contributed by atoms with Crippen molar-refractivity contribution >= 4 is 23.0 Å². The van der Waals surface area contributed by atoms with Gasteiger partial charge in [0.25, 0.3) is 0 Å². The number of thiocarbonyl (C=S) groups is 1. The Labute approximate surface area is 124 Å². The molecule has 110 valence electrons. The average molecular weight is 295 g/mol. The summed E-state index contributed by atoms with van der Waals surface area (Å²) in [6, 6.07) is 6.83. The molecule has 1 aliphatic rings. The van der Waals surface area contributed by atoms with E-state index < -0.39 is 0 Å². The van der Waals surface area contributed by atoms with E-state index in [1.165, 1.54) is 0 Å². The summed E-state index contributed by atoms with van der Waals surface area (Å²) < 4.78 is 5.31. The molecule has 0 unspecified atom stereocenters. The van der Waals surface area contributed by atoms with E-state index in [1.807, 2.05) is 0 Å². The number of hydrogen-bond donors (Lipinski definition) is 3. The number of phenols is 1. The van der Waals surface area contributed by atoms with Gasteiger partial charge in [-0.1, -0.05) is 0 Å². The quantitative estimate of drug-likeness (QED) is 0.434. The maximum atomic E-state index is 9.20. The molecule has 0 spiro atoms. The van der Waals surface area contributed by atoms with Gasteiger partial charge in [-0.05, 0) is 49.4 Å². The van der Waals surface area contributed by atoms with E-state index in [2.05, 4.69) is 15.5 Å². The van der Waals surface area contributed by atoms with Crippen LogP contribution in [-0.2, 0) is 4.74 Å². The van der Waals surface area contributed by atoms with Crippen LogP contribution in [0.15, 0.2) is 24.3 Å². The lowest BCUT2D eigenvalue weighted by Gasteiger charge is -2.26. The number of ether oxygens (including phenoxy) is 1. The van der Waals surface area contributed by atoms with Gasteiger partial charge >= 0.3 is 0 Å². The molecule has 1 aromatic rings. The molecule has 0 bridgehead atoms. The largest absolute Gasteiger partial charge is 0.508 e. The van der Waals surface area contributed by atoms with Crippen molar-refractivity contribution in [3.63, 3.8) is 0 Å². The molecule has 0 amide bonds. The number of nitrogens with one attached hydrogen (secondary N) is 2. The topological polar surface area (TPSA) is 56.8 Å². The molecule has 0 saturated carbocycles. The molecule has 1 heterocycles. The Morgan fingerprint density at radius 2 is 1.95 bits per heavy atom. The first-order valence-corrected chi connectivity index (χ1v) is 7.29. The van der Waals surface area contributed by atoms with E-state index in [0.717, 1.165) is 51.5 Å². The van der Waals surface area contributed by atoms with Crippen molar-refractivity contribution < 1.29 is 9.84 Å². The maximum Gasteiger partial charge on any atom is 0.170 e. The second kappa shape index (κ2) is 8.04. The number of morpholine rings is 1. The second-order valence-corrected chi connectivity index (χ2v) is 5.14. The zero-order chi connectivity index (χ0) is 14.2. The summed E-state index contributed by atoms with van der Waals surface area (Å²) >= 11 is 5.22. The molecule has 0 aromatic heterocycles. The van der Waals surface area contributed by atoms with Crippen molar-refractivity contribution in [2.24, 2.45) is 0 Å². The van der Waals surface area contributed by atoms with Crippen molar-refractivity contribution in [3.05, 3.63) is 24.3 Å². The van der Waals surface area contributed by atoms with Crippen LogP contribution >= 0.6 is 12.2 Å². The molecular formula is C14H21N3O2S. The minimum atomic E-state index is 0.250. The van der Waals surface area contributed by atoms with Crippen LogP contribution < -0.4 is 10.6 Å². The highest BCUT2D eigenvalue weighted by molar-refractivity contribution is 7.80. The van der Waals surface area contributed by atoms with Gasteiger partial charge in [0.05, 0.1) is 13.2 Å². The Kier molecular flexibility index (Phi) is 6.04. The molecule has 1 aromatic carbocycles. The molecule has 5 nitrogen and oxygen atoms in total. The molecule has 1 saturated heterocycles. The molecule has 20 heavy (non-hydrogen) atoms. The van der Waals surface area contributed by atoms with E-state index in [1.54, 1.807) is 24.3 Å². The van der Waals surface area contributed by atoms with E-state index in [4.69, 9.17) is 17.0 Å². The van der Waals surface area contributed by atoms with Crippen LogP contribution in [0.3, 0.4) is 0 Å².